The van der Waals surface area contributed by atoms with Gasteiger partial charge in [0, 0.05) is 28.7 Å². The number of hydrogen-bond acceptors (Lipinski definition) is 6. The summed E-state index contributed by atoms with van der Waals surface area (Å²) in [5.41, 5.74) is 2.02. The molecule has 3 aromatic carbocycles. The lowest BCUT2D eigenvalue weighted by Gasteiger charge is -2.37. The second kappa shape index (κ2) is 14.5. The first-order chi connectivity index (χ1) is 23.1. The van der Waals surface area contributed by atoms with Crippen LogP contribution in [0.5, 0.6) is 0 Å². The van der Waals surface area contributed by atoms with E-state index in [2.05, 4.69) is 10.6 Å². The first-order valence-corrected chi connectivity index (χ1v) is 16.8. The van der Waals surface area contributed by atoms with Gasteiger partial charge in [-0.1, -0.05) is 60.1 Å². The number of halogens is 2. The van der Waals surface area contributed by atoms with Crippen LogP contribution in [0.25, 0.3) is 0 Å². The Balaban J connectivity index is 1.38. The third kappa shape index (κ3) is 7.11. The number of anilines is 1. The molecule has 0 unspecified atom stereocenters. The number of ether oxygens (including phenoxy) is 1. The van der Waals surface area contributed by atoms with E-state index in [-0.39, 0.29) is 32.2 Å². The summed E-state index contributed by atoms with van der Waals surface area (Å²) >= 11 is 6.20. The number of carboxylic acids is 1. The Hall–Kier alpha value is -4.25. The maximum atomic E-state index is 15.2. The minimum Gasteiger partial charge on any atom is -0.481 e. The highest BCUT2D eigenvalue weighted by atomic mass is 35.5. The van der Waals surface area contributed by atoms with Crippen molar-refractivity contribution >= 4 is 23.3 Å². The summed E-state index contributed by atoms with van der Waals surface area (Å²) in [6, 6.07) is 21.5. The standard InChI is InChI=1S/C37H40ClFN4O5/c1-24-8-5-13-30(39)29(24)21-42-32-23-48-37(17-15-27(16-18-37)41-28-12-6-11-26(38)20-28)34(32)35(46)43(36(42)47)22-31(25-9-3-2-4-10-25)40-19-7-14-33(44)45/h2-6,8-13,20,27,31,40-41H,7,14-19,21-23H2,1H3,(H,44,45)/t27?,31-,37?/m0/s1. The van der Waals surface area contributed by atoms with Crippen molar-refractivity contribution in [1.82, 2.24) is 14.5 Å². The van der Waals surface area contributed by atoms with Crippen LogP contribution in [0.2, 0.25) is 5.02 Å². The van der Waals surface area contributed by atoms with Gasteiger partial charge in [-0.25, -0.2) is 9.18 Å². The third-order valence-electron chi connectivity index (χ3n) is 9.66. The lowest BCUT2D eigenvalue weighted by molar-refractivity contribution is -0.137. The van der Waals surface area contributed by atoms with Crippen LogP contribution in [-0.4, -0.2) is 32.8 Å². The zero-order chi connectivity index (χ0) is 33.8. The molecule has 4 aromatic rings. The van der Waals surface area contributed by atoms with Gasteiger partial charge in [0.15, 0.2) is 0 Å². The van der Waals surface area contributed by atoms with Gasteiger partial charge in [0.05, 0.1) is 37.0 Å². The monoisotopic (exact) mass is 674 g/mol. The third-order valence-corrected chi connectivity index (χ3v) is 9.89. The van der Waals surface area contributed by atoms with E-state index >= 15 is 4.39 Å². The molecule has 3 N–H and O–H groups in total. The van der Waals surface area contributed by atoms with Crippen molar-refractivity contribution in [3.63, 3.8) is 0 Å². The number of aliphatic carboxylic acids is 1. The zero-order valence-electron chi connectivity index (χ0n) is 26.9. The maximum absolute atomic E-state index is 15.2. The average molecular weight is 675 g/mol. The van der Waals surface area contributed by atoms with Crippen LogP contribution in [0.15, 0.2) is 82.4 Å². The highest BCUT2D eigenvalue weighted by Crippen LogP contribution is 2.45. The minimum absolute atomic E-state index is 0.00484. The number of fused-ring (bicyclic) bond motifs is 2. The average Bonchev–Trinajstić information content (AvgIpc) is 3.43. The van der Waals surface area contributed by atoms with E-state index in [0.29, 0.717) is 53.2 Å². The Labute approximate surface area is 283 Å². The Morgan fingerprint density at radius 3 is 2.52 bits per heavy atom. The number of benzene rings is 3. The highest BCUT2D eigenvalue weighted by molar-refractivity contribution is 6.30. The van der Waals surface area contributed by atoms with E-state index in [1.54, 1.807) is 19.1 Å². The summed E-state index contributed by atoms with van der Waals surface area (Å²) < 4.78 is 24.4. The van der Waals surface area contributed by atoms with Crippen LogP contribution >= 0.6 is 11.6 Å². The fourth-order valence-corrected chi connectivity index (χ4v) is 7.28. The van der Waals surface area contributed by atoms with Gasteiger partial charge in [-0.3, -0.25) is 18.7 Å². The Morgan fingerprint density at radius 2 is 1.81 bits per heavy atom. The zero-order valence-corrected chi connectivity index (χ0v) is 27.6. The first kappa shape index (κ1) is 33.6. The SMILES string of the molecule is Cc1cccc(F)c1Cn1c2c(c(=O)n(C[C@H](NCCCC(=O)O)c3ccccc3)c1=O)C1(CCC(Nc3cccc(Cl)c3)CC1)OC2. The number of aromatic nitrogens is 2. The largest absolute Gasteiger partial charge is 0.481 e. The molecular formula is C37H40ClFN4O5. The van der Waals surface area contributed by atoms with Crippen LogP contribution in [0, 0.1) is 12.7 Å². The van der Waals surface area contributed by atoms with Gasteiger partial charge in [0.1, 0.15) is 11.4 Å². The molecule has 11 heteroatoms. The van der Waals surface area contributed by atoms with Gasteiger partial charge in [0.2, 0.25) is 0 Å². The Bertz CT molecular complexity index is 1880. The summed E-state index contributed by atoms with van der Waals surface area (Å²) in [4.78, 5) is 40.0. The van der Waals surface area contributed by atoms with Crippen LogP contribution < -0.4 is 21.9 Å². The summed E-state index contributed by atoms with van der Waals surface area (Å²) in [5, 5.41) is 16.7. The minimum atomic E-state index is -0.892. The predicted octanol–water partition coefficient (Wildman–Crippen LogP) is 6.14. The number of nitrogens with zero attached hydrogens (tertiary/aromatic N) is 2. The molecule has 0 bridgehead atoms. The van der Waals surface area contributed by atoms with E-state index in [1.165, 1.54) is 15.2 Å². The number of carbonyl (C=O) groups is 1. The molecule has 2 heterocycles. The number of hydrogen-bond donors (Lipinski definition) is 3. The normalized spacial score (nSPS) is 19.3. The second-order valence-corrected chi connectivity index (χ2v) is 13.2. The molecule has 1 spiro atoms. The molecule has 9 nitrogen and oxygen atoms in total. The number of nitrogens with one attached hydrogen (secondary N) is 2. The quantitative estimate of drug-likeness (QED) is 0.155. The molecule has 1 aromatic heterocycles. The molecular weight excluding hydrogens is 635 g/mol. The molecule has 2 aliphatic rings. The molecule has 0 radical (unpaired) electrons. The van der Waals surface area contributed by atoms with E-state index < -0.39 is 34.7 Å². The topological polar surface area (TPSA) is 115 Å². The van der Waals surface area contributed by atoms with Gasteiger partial charge in [0.25, 0.3) is 5.56 Å². The van der Waals surface area contributed by atoms with Crippen molar-refractivity contribution in [3.05, 3.63) is 132 Å². The molecule has 1 atom stereocenters. The molecule has 1 fully saturated rings. The molecule has 1 aliphatic carbocycles. The molecule has 48 heavy (non-hydrogen) atoms. The van der Waals surface area contributed by atoms with Crippen molar-refractivity contribution in [3.8, 4) is 0 Å². The summed E-state index contributed by atoms with van der Waals surface area (Å²) in [6.07, 6.45) is 2.98. The Kier molecular flexibility index (Phi) is 10.1. The van der Waals surface area contributed by atoms with Crippen molar-refractivity contribution in [2.24, 2.45) is 0 Å². The number of aryl methyl sites for hydroxylation is 1. The fourth-order valence-electron chi connectivity index (χ4n) is 7.09. The van der Waals surface area contributed by atoms with Crippen LogP contribution in [-0.2, 0) is 34.8 Å². The van der Waals surface area contributed by atoms with Crippen molar-refractivity contribution in [1.29, 1.82) is 0 Å². The van der Waals surface area contributed by atoms with Crippen molar-refractivity contribution in [2.45, 2.75) is 82.8 Å². The predicted molar refractivity (Wildman–Crippen MR) is 183 cm³/mol. The van der Waals surface area contributed by atoms with Crippen molar-refractivity contribution in [2.75, 3.05) is 11.9 Å². The van der Waals surface area contributed by atoms with E-state index in [4.69, 9.17) is 21.4 Å². The lowest BCUT2D eigenvalue weighted by Crippen LogP contribution is -2.48. The number of rotatable bonds is 12. The fraction of sp³-hybridized carbons (Fsp3) is 0.378. The molecule has 1 aliphatic heterocycles. The summed E-state index contributed by atoms with van der Waals surface area (Å²) in [5.74, 6) is -1.31. The molecule has 0 saturated heterocycles. The molecule has 1 saturated carbocycles. The van der Waals surface area contributed by atoms with Gasteiger partial charge in [-0.15, -0.1) is 0 Å². The first-order valence-electron chi connectivity index (χ1n) is 16.4. The van der Waals surface area contributed by atoms with E-state index in [9.17, 15) is 14.4 Å². The van der Waals surface area contributed by atoms with Gasteiger partial charge in [-0.05, 0) is 81.0 Å². The second-order valence-electron chi connectivity index (χ2n) is 12.8. The summed E-state index contributed by atoms with van der Waals surface area (Å²) in [6.45, 7) is 2.23. The van der Waals surface area contributed by atoms with Gasteiger partial charge < -0.3 is 20.5 Å². The van der Waals surface area contributed by atoms with Crippen molar-refractivity contribution < 1.29 is 19.0 Å². The van der Waals surface area contributed by atoms with Gasteiger partial charge in [-0.2, -0.15) is 0 Å². The highest BCUT2D eigenvalue weighted by Gasteiger charge is 2.47. The Morgan fingerprint density at radius 1 is 1.06 bits per heavy atom. The smallest absolute Gasteiger partial charge is 0.331 e. The van der Waals surface area contributed by atoms with Gasteiger partial charge >= 0.3 is 11.7 Å². The molecule has 0 amide bonds. The van der Waals surface area contributed by atoms with E-state index in [0.717, 1.165) is 24.1 Å². The number of carboxylic acid groups (broad SMARTS) is 1. The van der Waals surface area contributed by atoms with E-state index in [1.807, 2.05) is 54.6 Å². The maximum Gasteiger partial charge on any atom is 0.331 e. The van der Waals surface area contributed by atoms with Crippen LogP contribution in [0.4, 0.5) is 10.1 Å². The molecule has 6 rings (SSSR count). The van der Waals surface area contributed by atoms with Crippen LogP contribution in [0.3, 0.4) is 0 Å². The van der Waals surface area contributed by atoms with Crippen LogP contribution in [0.1, 0.15) is 72.5 Å². The molecule has 252 valence electrons. The lowest BCUT2D eigenvalue weighted by atomic mass is 9.78. The summed E-state index contributed by atoms with van der Waals surface area (Å²) in [7, 11) is 0.